The van der Waals surface area contributed by atoms with Crippen LogP contribution in [-0.4, -0.2) is 13.1 Å². The molecule has 2 unspecified atom stereocenters. The van der Waals surface area contributed by atoms with Gasteiger partial charge < -0.3 is 5.32 Å². The molecule has 1 aromatic rings. The Labute approximate surface area is 107 Å². The molecule has 2 rings (SSSR count). The molecule has 1 aliphatic rings. The van der Waals surface area contributed by atoms with Gasteiger partial charge >= 0.3 is 0 Å². The molecule has 1 fully saturated rings. The fourth-order valence-electron chi connectivity index (χ4n) is 2.52. The zero-order valence-electron chi connectivity index (χ0n) is 9.47. The Kier molecular flexibility index (Phi) is 4.12. The lowest BCUT2D eigenvalue weighted by molar-refractivity contribution is 0.510. The summed E-state index contributed by atoms with van der Waals surface area (Å²) in [4.78, 5) is 0. The van der Waals surface area contributed by atoms with Gasteiger partial charge in [-0.05, 0) is 56.3 Å². The Hall–Kier alpha value is -0.240. The largest absolute Gasteiger partial charge is 0.317 e. The number of rotatable bonds is 3. The Bertz CT molecular complexity index is 365. The van der Waals surface area contributed by atoms with E-state index < -0.39 is 0 Å². The SMILES string of the molecule is CNC1CCC(Cc2ccc(Cl)c(Cl)c2)C1. The van der Waals surface area contributed by atoms with Gasteiger partial charge in [0.1, 0.15) is 0 Å². The molecule has 0 bridgehead atoms. The van der Waals surface area contributed by atoms with Gasteiger partial charge in [-0.1, -0.05) is 29.3 Å². The van der Waals surface area contributed by atoms with E-state index in [4.69, 9.17) is 23.2 Å². The van der Waals surface area contributed by atoms with Crippen molar-refractivity contribution < 1.29 is 0 Å². The molecule has 1 nitrogen and oxygen atoms in total. The van der Waals surface area contributed by atoms with Gasteiger partial charge in [0.15, 0.2) is 0 Å². The monoisotopic (exact) mass is 257 g/mol. The van der Waals surface area contributed by atoms with E-state index in [9.17, 15) is 0 Å². The first-order valence-corrected chi connectivity index (χ1v) is 6.56. The predicted molar refractivity (Wildman–Crippen MR) is 70.4 cm³/mol. The van der Waals surface area contributed by atoms with Crippen LogP contribution in [0, 0.1) is 5.92 Å². The summed E-state index contributed by atoms with van der Waals surface area (Å²) in [5.74, 6) is 0.787. The Balaban J connectivity index is 1.97. The van der Waals surface area contributed by atoms with Crippen molar-refractivity contribution in [2.75, 3.05) is 7.05 Å². The van der Waals surface area contributed by atoms with Gasteiger partial charge in [-0.2, -0.15) is 0 Å². The summed E-state index contributed by atoms with van der Waals surface area (Å²) >= 11 is 11.9. The summed E-state index contributed by atoms with van der Waals surface area (Å²) in [6.07, 6.45) is 5.00. The molecule has 1 saturated carbocycles. The highest BCUT2D eigenvalue weighted by molar-refractivity contribution is 6.42. The molecule has 0 amide bonds. The third-order valence-electron chi connectivity index (χ3n) is 3.46. The second-order valence-electron chi connectivity index (χ2n) is 4.62. The molecule has 0 spiro atoms. The minimum Gasteiger partial charge on any atom is -0.317 e. The van der Waals surface area contributed by atoms with Gasteiger partial charge in [0.25, 0.3) is 0 Å². The van der Waals surface area contributed by atoms with Gasteiger partial charge in [-0.15, -0.1) is 0 Å². The molecular formula is C13H17Cl2N. The standard InChI is InChI=1S/C13H17Cl2N/c1-16-11-4-2-9(7-11)6-10-3-5-12(14)13(15)8-10/h3,5,8-9,11,16H,2,4,6-7H2,1H3. The van der Waals surface area contributed by atoms with Crippen LogP contribution in [0.3, 0.4) is 0 Å². The van der Waals surface area contributed by atoms with E-state index in [0.29, 0.717) is 16.1 Å². The van der Waals surface area contributed by atoms with Gasteiger partial charge in [0, 0.05) is 6.04 Å². The first-order chi connectivity index (χ1) is 7.69. The molecule has 2 atom stereocenters. The number of benzene rings is 1. The van der Waals surface area contributed by atoms with Crippen LogP contribution in [0.2, 0.25) is 10.0 Å². The van der Waals surface area contributed by atoms with Crippen molar-refractivity contribution in [3.8, 4) is 0 Å². The van der Waals surface area contributed by atoms with E-state index in [1.165, 1.54) is 24.8 Å². The lowest BCUT2D eigenvalue weighted by atomic mass is 9.98. The molecular weight excluding hydrogens is 241 g/mol. The molecule has 0 aromatic heterocycles. The molecule has 0 radical (unpaired) electrons. The van der Waals surface area contributed by atoms with Gasteiger partial charge in [0.05, 0.1) is 10.0 Å². The highest BCUT2D eigenvalue weighted by Gasteiger charge is 2.23. The maximum absolute atomic E-state index is 6.01. The second kappa shape index (κ2) is 5.39. The maximum Gasteiger partial charge on any atom is 0.0595 e. The molecule has 88 valence electrons. The second-order valence-corrected chi connectivity index (χ2v) is 5.43. The molecule has 16 heavy (non-hydrogen) atoms. The van der Waals surface area contributed by atoms with Crippen molar-refractivity contribution in [3.63, 3.8) is 0 Å². The maximum atomic E-state index is 6.01. The van der Waals surface area contributed by atoms with E-state index in [-0.39, 0.29) is 0 Å². The molecule has 0 aliphatic heterocycles. The van der Waals surface area contributed by atoms with Crippen LogP contribution >= 0.6 is 23.2 Å². The predicted octanol–water partition coefficient (Wildman–Crippen LogP) is 3.92. The molecule has 3 heteroatoms. The van der Waals surface area contributed by atoms with Crippen molar-refractivity contribution in [1.29, 1.82) is 0 Å². The van der Waals surface area contributed by atoms with E-state index in [1.807, 2.05) is 19.2 Å². The first kappa shape index (κ1) is 12.2. The smallest absolute Gasteiger partial charge is 0.0595 e. The molecule has 1 aliphatic carbocycles. The van der Waals surface area contributed by atoms with Crippen LogP contribution in [0.4, 0.5) is 0 Å². The van der Waals surface area contributed by atoms with Crippen molar-refractivity contribution in [3.05, 3.63) is 33.8 Å². The van der Waals surface area contributed by atoms with E-state index in [0.717, 1.165) is 12.3 Å². The minimum atomic E-state index is 0.643. The van der Waals surface area contributed by atoms with Crippen LogP contribution in [-0.2, 0) is 6.42 Å². The van der Waals surface area contributed by atoms with E-state index in [2.05, 4.69) is 11.4 Å². The number of hydrogen-bond acceptors (Lipinski definition) is 1. The fraction of sp³-hybridized carbons (Fsp3) is 0.538. The van der Waals surface area contributed by atoms with E-state index >= 15 is 0 Å². The van der Waals surface area contributed by atoms with Crippen molar-refractivity contribution in [2.24, 2.45) is 5.92 Å². The van der Waals surface area contributed by atoms with E-state index in [1.54, 1.807) is 0 Å². The normalized spacial score (nSPS) is 24.9. The minimum absolute atomic E-state index is 0.643. The van der Waals surface area contributed by atoms with Crippen molar-refractivity contribution in [1.82, 2.24) is 5.32 Å². The molecule has 0 heterocycles. The summed E-state index contributed by atoms with van der Waals surface area (Å²) < 4.78 is 0. The average molecular weight is 258 g/mol. The summed E-state index contributed by atoms with van der Waals surface area (Å²) in [6, 6.07) is 6.68. The summed E-state index contributed by atoms with van der Waals surface area (Å²) in [7, 11) is 2.05. The summed E-state index contributed by atoms with van der Waals surface area (Å²) in [6.45, 7) is 0. The highest BCUT2D eigenvalue weighted by atomic mass is 35.5. The Morgan fingerprint density at radius 3 is 2.69 bits per heavy atom. The summed E-state index contributed by atoms with van der Waals surface area (Å²) in [5.41, 5.74) is 1.30. The van der Waals surface area contributed by atoms with Crippen LogP contribution in [0.5, 0.6) is 0 Å². The number of hydrogen-bond donors (Lipinski definition) is 1. The molecule has 1 N–H and O–H groups in total. The summed E-state index contributed by atoms with van der Waals surface area (Å²) in [5, 5.41) is 4.67. The van der Waals surface area contributed by atoms with Crippen LogP contribution < -0.4 is 5.32 Å². The van der Waals surface area contributed by atoms with Crippen molar-refractivity contribution in [2.45, 2.75) is 31.7 Å². The van der Waals surface area contributed by atoms with Crippen LogP contribution in [0.25, 0.3) is 0 Å². The first-order valence-electron chi connectivity index (χ1n) is 5.80. The Morgan fingerprint density at radius 1 is 1.25 bits per heavy atom. The lowest BCUT2D eigenvalue weighted by Crippen LogP contribution is -2.21. The Morgan fingerprint density at radius 2 is 2.06 bits per heavy atom. The zero-order chi connectivity index (χ0) is 11.5. The molecule has 0 saturated heterocycles. The lowest BCUT2D eigenvalue weighted by Gasteiger charge is -2.11. The zero-order valence-corrected chi connectivity index (χ0v) is 11.0. The average Bonchev–Trinajstić information content (AvgIpc) is 2.71. The fourth-order valence-corrected chi connectivity index (χ4v) is 2.84. The number of halogens is 2. The molecule has 1 aromatic carbocycles. The quantitative estimate of drug-likeness (QED) is 0.866. The van der Waals surface area contributed by atoms with Gasteiger partial charge in [-0.25, -0.2) is 0 Å². The topological polar surface area (TPSA) is 12.0 Å². The van der Waals surface area contributed by atoms with Gasteiger partial charge in [-0.3, -0.25) is 0 Å². The number of nitrogens with one attached hydrogen (secondary N) is 1. The van der Waals surface area contributed by atoms with Crippen LogP contribution in [0.15, 0.2) is 18.2 Å². The highest BCUT2D eigenvalue weighted by Crippen LogP contribution is 2.30. The van der Waals surface area contributed by atoms with Crippen LogP contribution in [0.1, 0.15) is 24.8 Å². The van der Waals surface area contributed by atoms with Crippen molar-refractivity contribution >= 4 is 23.2 Å². The third kappa shape index (κ3) is 2.91. The third-order valence-corrected chi connectivity index (χ3v) is 4.20. The van der Waals surface area contributed by atoms with Gasteiger partial charge in [0.2, 0.25) is 0 Å².